The molecule has 0 saturated carbocycles. The third-order valence-corrected chi connectivity index (χ3v) is 3.39. The highest BCUT2D eigenvalue weighted by atomic mass is 35.5. The van der Waals surface area contributed by atoms with E-state index in [0.29, 0.717) is 16.5 Å². The van der Waals surface area contributed by atoms with E-state index in [9.17, 15) is 4.79 Å². The van der Waals surface area contributed by atoms with Crippen molar-refractivity contribution in [2.24, 2.45) is 5.92 Å². The Morgan fingerprint density at radius 3 is 2.38 bits per heavy atom. The van der Waals surface area contributed by atoms with Crippen molar-refractivity contribution in [2.45, 2.75) is 33.1 Å². The van der Waals surface area contributed by atoms with Gasteiger partial charge in [0.05, 0.1) is 0 Å². The minimum absolute atomic E-state index is 0.0809. The molecular weight excluding hydrogens is 243 g/mol. The highest BCUT2D eigenvalue weighted by molar-refractivity contribution is 6.36. The molecule has 0 spiro atoms. The van der Waals surface area contributed by atoms with Gasteiger partial charge in [-0.3, -0.25) is 4.79 Å². The van der Waals surface area contributed by atoms with Crippen molar-refractivity contribution in [1.29, 1.82) is 0 Å². The van der Waals surface area contributed by atoms with Gasteiger partial charge in [-0.25, -0.2) is 0 Å². The fraction of sp³-hybridized carbons (Fsp3) is 0.462. The van der Waals surface area contributed by atoms with Crippen LogP contribution in [0.3, 0.4) is 0 Å². The van der Waals surface area contributed by atoms with Gasteiger partial charge in [-0.15, -0.1) is 0 Å². The number of hydrogen-bond acceptors (Lipinski definition) is 1. The number of ketones is 1. The highest BCUT2D eigenvalue weighted by Crippen LogP contribution is 2.26. The molecule has 0 amide bonds. The summed E-state index contributed by atoms with van der Waals surface area (Å²) in [6.45, 7) is 4.03. The van der Waals surface area contributed by atoms with E-state index in [1.807, 2.05) is 6.92 Å². The standard InChI is InChI=1S/C13H16Cl2O/c1-3-5-9(2)13(16)8-10-11(14)6-4-7-12(10)15/h4,6-7,9H,3,5,8H2,1-2H3. The summed E-state index contributed by atoms with van der Waals surface area (Å²) in [5.74, 6) is 0.286. The second kappa shape index (κ2) is 6.27. The average molecular weight is 259 g/mol. The Bertz CT molecular complexity index is 354. The van der Waals surface area contributed by atoms with Crippen molar-refractivity contribution in [3.05, 3.63) is 33.8 Å². The summed E-state index contributed by atoms with van der Waals surface area (Å²) >= 11 is 12.0. The Labute approximate surface area is 107 Å². The van der Waals surface area contributed by atoms with Gasteiger partial charge in [0, 0.05) is 22.4 Å². The van der Waals surface area contributed by atoms with Crippen LogP contribution in [0.1, 0.15) is 32.3 Å². The van der Waals surface area contributed by atoms with Crippen molar-refractivity contribution < 1.29 is 4.79 Å². The zero-order valence-corrected chi connectivity index (χ0v) is 11.1. The van der Waals surface area contributed by atoms with E-state index in [1.54, 1.807) is 18.2 Å². The predicted octanol–water partition coefficient (Wildman–Crippen LogP) is 4.54. The van der Waals surface area contributed by atoms with Crippen LogP contribution in [0.15, 0.2) is 18.2 Å². The summed E-state index contributed by atoms with van der Waals surface area (Å²) < 4.78 is 0. The maximum Gasteiger partial charge on any atom is 0.140 e. The minimum atomic E-state index is 0.0809. The molecule has 1 atom stereocenters. The van der Waals surface area contributed by atoms with E-state index in [4.69, 9.17) is 23.2 Å². The van der Waals surface area contributed by atoms with Crippen LogP contribution in [-0.2, 0) is 11.2 Å². The molecule has 1 rings (SSSR count). The number of carbonyl (C=O) groups is 1. The zero-order valence-electron chi connectivity index (χ0n) is 9.59. The lowest BCUT2D eigenvalue weighted by molar-refractivity contribution is -0.121. The Kier molecular flexibility index (Phi) is 5.30. The first-order valence-electron chi connectivity index (χ1n) is 5.51. The van der Waals surface area contributed by atoms with Gasteiger partial charge in [-0.1, -0.05) is 49.5 Å². The molecule has 0 heterocycles. The van der Waals surface area contributed by atoms with Crippen LogP contribution in [0.4, 0.5) is 0 Å². The summed E-state index contributed by atoms with van der Waals surface area (Å²) in [6.07, 6.45) is 2.27. The van der Waals surface area contributed by atoms with E-state index in [-0.39, 0.29) is 11.7 Å². The molecule has 0 radical (unpaired) electrons. The maximum atomic E-state index is 11.9. The first kappa shape index (κ1) is 13.5. The van der Waals surface area contributed by atoms with Crippen molar-refractivity contribution in [2.75, 3.05) is 0 Å². The minimum Gasteiger partial charge on any atom is -0.299 e. The molecule has 0 aromatic heterocycles. The number of hydrogen-bond donors (Lipinski definition) is 0. The molecule has 0 aliphatic carbocycles. The van der Waals surface area contributed by atoms with Gasteiger partial charge in [0.15, 0.2) is 0 Å². The predicted molar refractivity (Wildman–Crippen MR) is 69.2 cm³/mol. The van der Waals surface area contributed by atoms with E-state index in [2.05, 4.69) is 6.92 Å². The van der Waals surface area contributed by atoms with Crippen LogP contribution >= 0.6 is 23.2 Å². The monoisotopic (exact) mass is 258 g/mol. The molecule has 0 fully saturated rings. The van der Waals surface area contributed by atoms with Gasteiger partial charge < -0.3 is 0 Å². The second-order valence-electron chi connectivity index (χ2n) is 4.03. The number of carbonyl (C=O) groups excluding carboxylic acids is 1. The van der Waals surface area contributed by atoms with Crippen LogP contribution in [0.5, 0.6) is 0 Å². The third-order valence-electron chi connectivity index (χ3n) is 2.68. The molecule has 1 unspecified atom stereocenters. The second-order valence-corrected chi connectivity index (χ2v) is 4.85. The molecule has 16 heavy (non-hydrogen) atoms. The number of benzene rings is 1. The summed E-state index contributed by atoms with van der Waals surface area (Å²) in [7, 11) is 0. The fourth-order valence-corrected chi connectivity index (χ4v) is 2.17. The molecule has 1 aromatic rings. The van der Waals surface area contributed by atoms with Crippen LogP contribution in [0, 0.1) is 5.92 Å². The van der Waals surface area contributed by atoms with Crippen molar-refractivity contribution in [3.63, 3.8) is 0 Å². The summed E-state index contributed by atoms with van der Waals surface area (Å²) in [4.78, 5) is 11.9. The summed E-state index contributed by atoms with van der Waals surface area (Å²) in [6, 6.07) is 5.31. The Morgan fingerprint density at radius 2 is 1.88 bits per heavy atom. The van der Waals surface area contributed by atoms with E-state index in [0.717, 1.165) is 18.4 Å². The molecule has 0 N–H and O–H groups in total. The molecule has 0 aliphatic rings. The lowest BCUT2D eigenvalue weighted by Crippen LogP contribution is -2.14. The van der Waals surface area contributed by atoms with Crippen LogP contribution in [0.25, 0.3) is 0 Å². The molecule has 0 aliphatic heterocycles. The zero-order chi connectivity index (χ0) is 12.1. The summed E-state index contributed by atoms with van der Waals surface area (Å²) in [5, 5.41) is 1.15. The largest absolute Gasteiger partial charge is 0.299 e. The number of Topliss-reactive ketones (excluding diaryl/α,β-unsaturated/α-hetero) is 1. The van der Waals surface area contributed by atoms with Gasteiger partial charge in [-0.05, 0) is 24.1 Å². The normalized spacial score (nSPS) is 12.5. The van der Waals surface area contributed by atoms with Gasteiger partial charge >= 0.3 is 0 Å². The number of halogens is 2. The van der Waals surface area contributed by atoms with Crippen LogP contribution in [0.2, 0.25) is 10.0 Å². The molecule has 88 valence electrons. The molecule has 1 nitrogen and oxygen atoms in total. The van der Waals surface area contributed by atoms with Crippen molar-refractivity contribution in [3.8, 4) is 0 Å². The third kappa shape index (κ3) is 3.50. The quantitative estimate of drug-likeness (QED) is 0.758. The Morgan fingerprint density at radius 1 is 1.31 bits per heavy atom. The van der Waals surface area contributed by atoms with Gasteiger partial charge in [0.1, 0.15) is 5.78 Å². The van der Waals surface area contributed by atoms with E-state index < -0.39 is 0 Å². The number of rotatable bonds is 5. The van der Waals surface area contributed by atoms with Gasteiger partial charge in [-0.2, -0.15) is 0 Å². The molecule has 3 heteroatoms. The molecule has 1 aromatic carbocycles. The van der Waals surface area contributed by atoms with Crippen LogP contribution < -0.4 is 0 Å². The highest BCUT2D eigenvalue weighted by Gasteiger charge is 2.15. The van der Waals surface area contributed by atoms with Crippen LogP contribution in [-0.4, -0.2) is 5.78 Å². The molecule has 0 bridgehead atoms. The summed E-state index contributed by atoms with van der Waals surface area (Å²) in [5.41, 5.74) is 0.749. The molecular formula is C13H16Cl2O. The first-order valence-corrected chi connectivity index (χ1v) is 6.27. The maximum absolute atomic E-state index is 11.9. The fourth-order valence-electron chi connectivity index (χ4n) is 1.64. The van der Waals surface area contributed by atoms with Gasteiger partial charge in [0.2, 0.25) is 0 Å². The first-order chi connectivity index (χ1) is 7.56. The average Bonchev–Trinajstić information content (AvgIpc) is 2.23. The SMILES string of the molecule is CCCC(C)C(=O)Cc1c(Cl)cccc1Cl. The Balaban J connectivity index is 2.77. The Hall–Kier alpha value is -0.530. The van der Waals surface area contributed by atoms with E-state index in [1.165, 1.54) is 0 Å². The van der Waals surface area contributed by atoms with Crippen molar-refractivity contribution >= 4 is 29.0 Å². The van der Waals surface area contributed by atoms with Gasteiger partial charge in [0.25, 0.3) is 0 Å². The lowest BCUT2D eigenvalue weighted by atomic mass is 9.96. The molecule has 0 saturated heterocycles. The lowest BCUT2D eigenvalue weighted by Gasteiger charge is -2.10. The smallest absolute Gasteiger partial charge is 0.140 e. The van der Waals surface area contributed by atoms with E-state index >= 15 is 0 Å². The van der Waals surface area contributed by atoms with Crippen molar-refractivity contribution in [1.82, 2.24) is 0 Å². The topological polar surface area (TPSA) is 17.1 Å².